The predicted molar refractivity (Wildman–Crippen MR) is 148 cm³/mol. The van der Waals surface area contributed by atoms with Gasteiger partial charge in [0.1, 0.15) is 11.4 Å². The number of nitrogens with one attached hydrogen (secondary N) is 2. The van der Waals surface area contributed by atoms with Gasteiger partial charge in [0.2, 0.25) is 11.8 Å². The van der Waals surface area contributed by atoms with Gasteiger partial charge in [-0.1, -0.05) is 106 Å². The van der Waals surface area contributed by atoms with Crippen molar-refractivity contribution in [2.75, 3.05) is 17.2 Å². The zero-order chi connectivity index (χ0) is 25.0. The average molecular weight is 453 g/mol. The number of allylic oxidation sites excluding steroid dienone is 14. The minimum atomic E-state index is 0.329. The molecule has 0 bridgehead atoms. The Labute approximate surface area is 203 Å². The van der Waals surface area contributed by atoms with E-state index in [9.17, 15) is 0 Å². The Bertz CT molecular complexity index is 1070. The van der Waals surface area contributed by atoms with Gasteiger partial charge in [0, 0.05) is 12.2 Å². The van der Waals surface area contributed by atoms with E-state index in [1.807, 2.05) is 30.4 Å². The van der Waals surface area contributed by atoms with Crippen molar-refractivity contribution in [3.05, 3.63) is 154 Å². The first kappa shape index (κ1) is 27.4. The average Bonchev–Trinajstić information content (AvgIpc) is 2.84. The van der Waals surface area contributed by atoms with Crippen LogP contribution < -0.4 is 15.4 Å². The van der Waals surface area contributed by atoms with Crippen molar-refractivity contribution in [3.8, 4) is 5.88 Å². The minimum absolute atomic E-state index is 0.329. The van der Waals surface area contributed by atoms with Crippen LogP contribution in [0.4, 0.5) is 11.6 Å². The molecule has 0 aromatic carbocycles. The maximum Gasteiger partial charge on any atom is 0.247 e. The van der Waals surface area contributed by atoms with E-state index >= 15 is 0 Å². The minimum Gasteiger partial charge on any atom is -0.437 e. The SMILES string of the molecule is C=C/C=C\C=C(/C=C)Nc1ncc(NCC(/C=C\C=C)=C/C=C)c(OC(/C=C\C=C)=C/C=C)n1. The molecule has 174 valence electrons. The number of hydrogen-bond acceptors (Lipinski definition) is 5. The second-order valence-corrected chi connectivity index (χ2v) is 6.41. The molecule has 0 aliphatic heterocycles. The topological polar surface area (TPSA) is 59.1 Å². The molecule has 1 aromatic rings. The summed E-state index contributed by atoms with van der Waals surface area (Å²) in [4.78, 5) is 8.97. The van der Waals surface area contributed by atoms with Gasteiger partial charge in [-0.15, -0.1) is 0 Å². The molecule has 0 saturated heterocycles. The molecule has 0 unspecified atom stereocenters. The molecule has 1 aromatic heterocycles. The molecule has 0 amide bonds. The van der Waals surface area contributed by atoms with Crippen LogP contribution in [0.15, 0.2) is 154 Å². The van der Waals surface area contributed by atoms with E-state index in [-0.39, 0.29) is 0 Å². The highest BCUT2D eigenvalue weighted by molar-refractivity contribution is 5.56. The van der Waals surface area contributed by atoms with Gasteiger partial charge < -0.3 is 15.4 Å². The summed E-state index contributed by atoms with van der Waals surface area (Å²) in [5.74, 6) is 1.21. The molecule has 5 heteroatoms. The lowest BCUT2D eigenvalue weighted by molar-refractivity contribution is 0.428. The number of nitrogens with zero attached hydrogens (tertiary/aromatic N) is 2. The second-order valence-electron chi connectivity index (χ2n) is 6.41. The van der Waals surface area contributed by atoms with Crippen LogP contribution in [0.1, 0.15) is 0 Å². The van der Waals surface area contributed by atoms with E-state index in [2.05, 4.69) is 60.1 Å². The maximum atomic E-state index is 6.07. The molecule has 0 aliphatic carbocycles. The van der Waals surface area contributed by atoms with Crippen LogP contribution in [0, 0.1) is 0 Å². The summed E-state index contributed by atoms with van der Waals surface area (Å²) in [5.41, 5.74) is 2.30. The van der Waals surface area contributed by atoms with Crippen molar-refractivity contribution in [1.29, 1.82) is 0 Å². The fourth-order valence-corrected chi connectivity index (χ4v) is 2.38. The van der Waals surface area contributed by atoms with Crippen LogP contribution in [-0.4, -0.2) is 16.5 Å². The molecule has 0 aliphatic rings. The highest BCUT2D eigenvalue weighted by Crippen LogP contribution is 2.25. The molecule has 5 nitrogen and oxygen atoms in total. The van der Waals surface area contributed by atoms with Gasteiger partial charge in [-0.05, 0) is 29.9 Å². The lowest BCUT2D eigenvalue weighted by atomic mass is 10.2. The largest absolute Gasteiger partial charge is 0.437 e. The van der Waals surface area contributed by atoms with Crippen molar-refractivity contribution >= 4 is 11.6 Å². The van der Waals surface area contributed by atoms with Crippen LogP contribution >= 0.6 is 0 Å². The molecule has 0 atom stereocenters. The van der Waals surface area contributed by atoms with E-state index < -0.39 is 0 Å². The smallest absolute Gasteiger partial charge is 0.247 e. The number of anilines is 2. The summed E-state index contributed by atoms with van der Waals surface area (Å²) < 4.78 is 6.07. The summed E-state index contributed by atoms with van der Waals surface area (Å²) in [7, 11) is 0. The van der Waals surface area contributed by atoms with Gasteiger partial charge in [-0.25, -0.2) is 4.98 Å². The highest BCUT2D eigenvalue weighted by Gasteiger charge is 2.11. The Kier molecular flexibility index (Phi) is 13.7. The van der Waals surface area contributed by atoms with Crippen LogP contribution in [0.5, 0.6) is 5.88 Å². The zero-order valence-electron chi connectivity index (χ0n) is 19.5. The van der Waals surface area contributed by atoms with Crippen LogP contribution in [-0.2, 0) is 0 Å². The Morgan fingerprint density at radius 1 is 0.824 bits per heavy atom. The number of ether oxygens (including phenoxy) is 1. The Morgan fingerprint density at radius 2 is 1.53 bits per heavy atom. The summed E-state index contributed by atoms with van der Waals surface area (Å²) in [6.07, 6.45) is 28.1. The summed E-state index contributed by atoms with van der Waals surface area (Å²) >= 11 is 0. The van der Waals surface area contributed by atoms with E-state index in [0.29, 0.717) is 35.5 Å². The molecule has 0 radical (unpaired) electrons. The number of rotatable bonds is 16. The number of aromatic nitrogens is 2. The lowest BCUT2D eigenvalue weighted by Gasteiger charge is -2.14. The summed E-state index contributed by atoms with van der Waals surface area (Å²) in [6, 6.07) is 0. The molecule has 0 spiro atoms. The third-order valence-electron chi connectivity index (χ3n) is 3.91. The van der Waals surface area contributed by atoms with Gasteiger partial charge in [0.25, 0.3) is 0 Å². The third-order valence-corrected chi connectivity index (χ3v) is 3.91. The molecule has 1 rings (SSSR count). The second kappa shape index (κ2) is 17.0. The Hall–Kier alpha value is -4.64. The highest BCUT2D eigenvalue weighted by atomic mass is 16.5. The first-order chi connectivity index (χ1) is 16.6. The van der Waals surface area contributed by atoms with Gasteiger partial charge in [-0.2, -0.15) is 4.98 Å². The van der Waals surface area contributed by atoms with E-state index in [1.54, 1.807) is 67.0 Å². The quantitative estimate of drug-likeness (QED) is 0.206. The molecule has 0 saturated carbocycles. The van der Waals surface area contributed by atoms with Crippen LogP contribution in [0.3, 0.4) is 0 Å². The van der Waals surface area contributed by atoms with Gasteiger partial charge >= 0.3 is 0 Å². The van der Waals surface area contributed by atoms with Crippen molar-refractivity contribution in [2.24, 2.45) is 0 Å². The molecule has 2 N–H and O–H groups in total. The first-order valence-electron chi connectivity index (χ1n) is 10.5. The van der Waals surface area contributed by atoms with E-state index in [1.165, 1.54) is 0 Å². The lowest BCUT2D eigenvalue weighted by Crippen LogP contribution is -2.09. The fraction of sp³-hybridized carbons (Fsp3) is 0.0345. The van der Waals surface area contributed by atoms with Gasteiger partial charge in [0.05, 0.1) is 6.20 Å². The molecular formula is C29H32N4O. The van der Waals surface area contributed by atoms with Crippen LogP contribution in [0.25, 0.3) is 0 Å². The van der Waals surface area contributed by atoms with Gasteiger partial charge in [0.15, 0.2) is 0 Å². The van der Waals surface area contributed by atoms with Crippen LogP contribution in [0.2, 0.25) is 0 Å². The molecule has 0 fully saturated rings. The third kappa shape index (κ3) is 10.6. The fourth-order valence-electron chi connectivity index (χ4n) is 2.38. The Balaban J connectivity index is 3.34. The predicted octanol–water partition coefficient (Wildman–Crippen LogP) is 7.16. The standard InChI is InChI=1S/C29H32N4O/c1-7-13-16-20-25(12-6)32-29-31-23-27(30-22-24(17-10-4)19-14-8-2)28(33-29)34-26(18-11-5)21-15-9-3/h7-21,23,30H,1-6,22H2,(H,31,32,33)/b16-13-,19-14-,21-15-,24-17+,25-20+,26-18+. The van der Waals surface area contributed by atoms with Crippen molar-refractivity contribution in [3.63, 3.8) is 0 Å². The van der Waals surface area contributed by atoms with E-state index in [0.717, 1.165) is 5.57 Å². The summed E-state index contributed by atoms with van der Waals surface area (Å²) in [6.45, 7) is 22.9. The molecule has 34 heavy (non-hydrogen) atoms. The molecule has 1 heterocycles. The normalized spacial score (nSPS) is 12.5. The zero-order valence-corrected chi connectivity index (χ0v) is 19.5. The monoisotopic (exact) mass is 452 g/mol. The maximum absolute atomic E-state index is 6.07. The molecular weight excluding hydrogens is 420 g/mol. The summed E-state index contributed by atoms with van der Waals surface area (Å²) in [5, 5.41) is 6.44. The Morgan fingerprint density at radius 3 is 2.18 bits per heavy atom. The van der Waals surface area contributed by atoms with Crippen molar-refractivity contribution < 1.29 is 4.74 Å². The van der Waals surface area contributed by atoms with Crippen molar-refractivity contribution in [1.82, 2.24) is 9.97 Å². The number of hydrogen-bond donors (Lipinski definition) is 2. The van der Waals surface area contributed by atoms with Crippen molar-refractivity contribution in [2.45, 2.75) is 0 Å². The first-order valence-corrected chi connectivity index (χ1v) is 10.5. The van der Waals surface area contributed by atoms with Gasteiger partial charge in [-0.3, -0.25) is 0 Å². The van der Waals surface area contributed by atoms with E-state index in [4.69, 9.17) is 4.74 Å².